The highest BCUT2D eigenvalue weighted by molar-refractivity contribution is 9.10. The van der Waals surface area contributed by atoms with Crippen molar-refractivity contribution < 1.29 is 0 Å². The predicted molar refractivity (Wildman–Crippen MR) is 66.2 cm³/mol. The SMILES string of the molecule is Nc1ccc(-c2ccc(Br)cc2)c(N)n1. The summed E-state index contributed by atoms with van der Waals surface area (Å²) in [7, 11) is 0. The molecular weight excluding hydrogens is 254 g/mol. The van der Waals surface area contributed by atoms with Crippen LogP contribution < -0.4 is 11.5 Å². The quantitative estimate of drug-likeness (QED) is 0.832. The fourth-order valence-electron chi connectivity index (χ4n) is 1.36. The van der Waals surface area contributed by atoms with Crippen LogP contribution in [0.1, 0.15) is 0 Å². The second-order valence-corrected chi connectivity index (χ2v) is 4.09. The summed E-state index contributed by atoms with van der Waals surface area (Å²) in [6, 6.07) is 11.5. The lowest BCUT2D eigenvalue weighted by Crippen LogP contribution is -1.97. The first-order valence-corrected chi connectivity index (χ1v) is 5.24. The van der Waals surface area contributed by atoms with Gasteiger partial charge < -0.3 is 11.5 Å². The molecule has 0 radical (unpaired) electrons. The molecule has 0 aliphatic heterocycles. The molecule has 4 heteroatoms. The van der Waals surface area contributed by atoms with Crippen LogP contribution in [0.25, 0.3) is 11.1 Å². The zero-order valence-electron chi connectivity index (χ0n) is 7.94. The molecule has 0 atom stereocenters. The molecule has 0 saturated heterocycles. The molecule has 0 saturated carbocycles. The van der Waals surface area contributed by atoms with Gasteiger partial charge in [-0.25, -0.2) is 4.98 Å². The first-order valence-electron chi connectivity index (χ1n) is 4.45. The van der Waals surface area contributed by atoms with Gasteiger partial charge in [0.1, 0.15) is 11.6 Å². The zero-order chi connectivity index (χ0) is 10.8. The summed E-state index contributed by atoms with van der Waals surface area (Å²) < 4.78 is 1.04. The van der Waals surface area contributed by atoms with Crippen molar-refractivity contribution >= 4 is 27.6 Å². The number of hydrogen-bond acceptors (Lipinski definition) is 3. The lowest BCUT2D eigenvalue weighted by Gasteiger charge is -2.05. The lowest BCUT2D eigenvalue weighted by atomic mass is 10.1. The van der Waals surface area contributed by atoms with Gasteiger partial charge in [-0.15, -0.1) is 0 Å². The lowest BCUT2D eigenvalue weighted by molar-refractivity contribution is 1.34. The van der Waals surface area contributed by atoms with Crippen LogP contribution in [0.3, 0.4) is 0 Å². The Hall–Kier alpha value is -1.55. The van der Waals surface area contributed by atoms with Crippen molar-refractivity contribution in [2.75, 3.05) is 11.5 Å². The van der Waals surface area contributed by atoms with E-state index < -0.39 is 0 Å². The van der Waals surface area contributed by atoms with Crippen molar-refractivity contribution in [3.05, 3.63) is 40.9 Å². The minimum atomic E-state index is 0.438. The summed E-state index contributed by atoms with van der Waals surface area (Å²) in [6.45, 7) is 0. The number of hydrogen-bond donors (Lipinski definition) is 2. The van der Waals surface area contributed by atoms with E-state index in [-0.39, 0.29) is 0 Å². The fraction of sp³-hybridized carbons (Fsp3) is 0. The second kappa shape index (κ2) is 3.90. The molecule has 0 fully saturated rings. The van der Waals surface area contributed by atoms with Gasteiger partial charge in [-0.2, -0.15) is 0 Å². The summed E-state index contributed by atoms with van der Waals surface area (Å²) in [6.07, 6.45) is 0. The van der Waals surface area contributed by atoms with Gasteiger partial charge in [-0.3, -0.25) is 0 Å². The van der Waals surface area contributed by atoms with E-state index in [1.165, 1.54) is 0 Å². The molecule has 2 aromatic rings. The molecular formula is C11H10BrN3. The van der Waals surface area contributed by atoms with E-state index in [2.05, 4.69) is 20.9 Å². The summed E-state index contributed by atoms with van der Waals surface area (Å²) in [5.41, 5.74) is 13.3. The van der Waals surface area contributed by atoms with Gasteiger partial charge in [0.25, 0.3) is 0 Å². The normalized spacial score (nSPS) is 10.2. The van der Waals surface area contributed by atoms with Crippen LogP contribution in [0, 0.1) is 0 Å². The monoisotopic (exact) mass is 263 g/mol. The van der Waals surface area contributed by atoms with E-state index in [0.717, 1.165) is 15.6 Å². The molecule has 0 spiro atoms. The Bertz CT molecular complexity index is 480. The first-order chi connectivity index (χ1) is 7.16. The Balaban J connectivity index is 2.49. The number of halogens is 1. The molecule has 4 N–H and O–H groups in total. The van der Waals surface area contributed by atoms with Gasteiger partial charge >= 0.3 is 0 Å². The second-order valence-electron chi connectivity index (χ2n) is 3.18. The van der Waals surface area contributed by atoms with Gasteiger partial charge in [0, 0.05) is 10.0 Å². The Labute approximate surface area is 96.3 Å². The minimum Gasteiger partial charge on any atom is -0.384 e. The molecule has 3 nitrogen and oxygen atoms in total. The van der Waals surface area contributed by atoms with E-state index in [4.69, 9.17) is 11.5 Å². The van der Waals surface area contributed by atoms with E-state index in [9.17, 15) is 0 Å². The standard InChI is InChI=1S/C11H10BrN3/c12-8-3-1-7(2-4-8)9-5-6-10(13)15-11(9)14/h1-6H,(H4,13,14,15). The summed E-state index contributed by atoms with van der Waals surface area (Å²) >= 11 is 3.38. The maximum absolute atomic E-state index is 5.79. The van der Waals surface area contributed by atoms with Crippen LogP contribution in [0.15, 0.2) is 40.9 Å². The summed E-state index contributed by atoms with van der Waals surface area (Å²) in [5.74, 6) is 0.894. The number of aromatic nitrogens is 1. The molecule has 2 rings (SSSR count). The molecule has 76 valence electrons. The topological polar surface area (TPSA) is 64.9 Å². The summed E-state index contributed by atoms with van der Waals surface area (Å²) in [4.78, 5) is 4.02. The van der Waals surface area contributed by atoms with Gasteiger partial charge in [0.05, 0.1) is 0 Å². The third-order valence-electron chi connectivity index (χ3n) is 2.10. The molecule has 0 aliphatic carbocycles. The first kappa shape index (κ1) is 9.98. The number of pyridine rings is 1. The van der Waals surface area contributed by atoms with Crippen LogP contribution in [0.4, 0.5) is 11.6 Å². The molecule has 0 aliphatic rings. The van der Waals surface area contributed by atoms with Gasteiger partial charge in [0.2, 0.25) is 0 Å². The van der Waals surface area contributed by atoms with Crippen LogP contribution in [-0.4, -0.2) is 4.98 Å². The number of anilines is 2. The molecule has 1 heterocycles. The van der Waals surface area contributed by atoms with Crippen LogP contribution in [0.2, 0.25) is 0 Å². The molecule has 0 unspecified atom stereocenters. The number of rotatable bonds is 1. The molecule has 15 heavy (non-hydrogen) atoms. The van der Waals surface area contributed by atoms with E-state index in [0.29, 0.717) is 11.6 Å². The number of nitrogens with two attached hydrogens (primary N) is 2. The summed E-state index contributed by atoms with van der Waals surface area (Å²) in [5, 5.41) is 0. The maximum Gasteiger partial charge on any atom is 0.133 e. The zero-order valence-corrected chi connectivity index (χ0v) is 9.53. The number of nitrogen functional groups attached to an aromatic ring is 2. The highest BCUT2D eigenvalue weighted by Gasteiger charge is 2.03. The van der Waals surface area contributed by atoms with Gasteiger partial charge in [-0.1, -0.05) is 28.1 Å². The van der Waals surface area contributed by atoms with E-state index in [1.54, 1.807) is 6.07 Å². The Kier molecular flexibility index (Phi) is 2.60. The van der Waals surface area contributed by atoms with Crippen molar-refractivity contribution in [3.63, 3.8) is 0 Å². The number of benzene rings is 1. The average molecular weight is 264 g/mol. The predicted octanol–water partition coefficient (Wildman–Crippen LogP) is 2.68. The highest BCUT2D eigenvalue weighted by Crippen LogP contribution is 2.26. The highest BCUT2D eigenvalue weighted by atomic mass is 79.9. The molecule has 1 aromatic heterocycles. The van der Waals surface area contributed by atoms with Crippen molar-refractivity contribution in [1.29, 1.82) is 0 Å². The molecule has 0 amide bonds. The van der Waals surface area contributed by atoms with E-state index in [1.807, 2.05) is 30.3 Å². The van der Waals surface area contributed by atoms with Crippen molar-refractivity contribution in [2.24, 2.45) is 0 Å². The van der Waals surface area contributed by atoms with E-state index >= 15 is 0 Å². The molecule has 1 aromatic carbocycles. The minimum absolute atomic E-state index is 0.438. The third-order valence-corrected chi connectivity index (χ3v) is 2.63. The number of nitrogens with zero attached hydrogens (tertiary/aromatic N) is 1. The van der Waals surface area contributed by atoms with Crippen molar-refractivity contribution in [2.45, 2.75) is 0 Å². The average Bonchev–Trinajstić information content (AvgIpc) is 2.20. The van der Waals surface area contributed by atoms with Crippen molar-refractivity contribution in [3.8, 4) is 11.1 Å². The van der Waals surface area contributed by atoms with Gasteiger partial charge in [0.15, 0.2) is 0 Å². The Morgan fingerprint density at radius 1 is 0.933 bits per heavy atom. The van der Waals surface area contributed by atoms with Crippen LogP contribution >= 0.6 is 15.9 Å². The third kappa shape index (κ3) is 2.10. The van der Waals surface area contributed by atoms with Crippen LogP contribution in [0.5, 0.6) is 0 Å². The Morgan fingerprint density at radius 3 is 2.20 bits per heavy atom. The largest absolute Gasteiger partial charge is 0.384 e. The van der Waals surface area contributed by atoms with Gasteiger partial charge in [-0.05, 0) is 29.8 Å². The maximum atomic E-state index is 5.79. The molecule has 0 bridgehead atoms. The fourth-order valence-corrected chi connectivity index (χ4v) is 1.63. The van der Waals surface area contributed by atoms with Crippen molar-refractivity contribution in [1.82, 2.24) is 4.98 Å². The van der Waals surface area contributed by atoms with Crippen LogP contribution in [-0.2, 0) is 0 Å². The smallest absolute Gasteiger partial charge is 0.133 e. The Morgan fingerprint density at radius 2 is 1.60 bits per heavy atom.